The van der Waals surface area contributed by atoms with Crippen molar-refractivity contribution < 1.29 is 31.2 Å². The Morgan fingerprint density at radius 3 is 2.29 bits per heavy atom. The number of hydrogen-bond donors (Lipinski definition) is 3. The standard InChI is InChI=1S/C22H21F3N4O4S/c1-12-16(20(30)27-14-10-6-7-11-15(14)34(2,32)33)21(31)29-19(26-12)17(13-8-4-3-5-9-13)18(28-29)22(23,24)25/h3-11,17-19,26,28H,1-2H3,(H,27,30). The smallest absolute Gasteiger partial charge is 0.366 e. The van der Waals surface area contributed by atoms with Crippen molar-refractivity contribution in [3.8, 4) is 0 Å². The fourth-order valence-corrected chi connectivity index (χ4v) is 5.08. The van der Waals surface area contributed by atoms with E-state index < -0.39 is 51.5 Å². The van der Waals surface area contributed by atoms with Crippen LogP contribution in [0.25, 0.3) is 0 Å². The van der Waals surface area contributed by atoms with Crippen molar-refractivity contribution >= 4 is 27.3 Å². The molecule has 0 bridgehead atoms. The van der Waals surface area contributed by atoms with Gasteiger partial charge in [-0.15, -0.1) is 0 Å². The molecule has 34 heavy (non-hydrogen) atoms. The van der Waals surface area contributed by atoms with Crippen molar-refractivity contribution in [1.29, 1.82) is 0 Å². The number of rotatable bonds is 4. The number of sulfone groups is 1. The number of nitrogens with one attached hydrogen (secondary N) is 3. The molecule has 0 aliphatic carbocycles. The zero-order valence-corrected chi connectivity index (χ0v) is 18.9. The van der Waals surface area contributed by atoms with E-state index in [1.54, 1.807) is 30.3 Å². The number of carbonyl (C=O) groups is 2. The third-order valence-electron chi connectivity index (χ3n) is 5.73. The lowest BCUT2D eigenvalue weighted by Crippen LogP contribution is -2.56. The van der Waals surface area contributed by atoms with Gasteiger partial charge in [0.05, 0.1) is 16.5 Å². The summed E-state index contributed by atoms with van der Waals surface area (Å²) in [4.78, 5) is 26.0. The van der Waals surface area contributed by atoms with Gasteiger partial charge in [0.25, 0.3) is 11.8 Å². The number of hydrazine groups is 1. The van der Waals surface area contributed by atoms with Crippen LogP contribution in [0.5, 0.6) is 0 Å². The number of benzene rings is 2. The number of anilines is 1. The summed E-state index contributed by atoms with van der Waals surface area (Å²) in [5.74, 6) is -3.07. The summed E-state index contributed by atoms with van der Waals surface area (Å²) >= 11 is 0. The van der Waals surface area contributed by atoms with Gasteiger partial charge in [0.15, 0.2) is 9.84 Å². The summed E-state index contributed by atoms with van der Waals surface area (Å²) in [5, 5.41) is 6.04. The Balaban J connectivity index is 1.68. The maximum Gasteiger partial charge on any atom is 0.406 e. The molecule has 0 spiro atoms. The lowest BCUT2D eigenvalue weighted by molar-refractivity contribution is -0.161. The van der Waals surface area contributed by atoms with E-state index in [2.05, 4.69) is 16.1 Å². The number of carbonyl (C=O) groups excluding carboxylic acids is 2. The largest absolute Gasteiger partial charge is 0.406 e. The lowest BCUT2D eigenvalue weighted by atomic mass is 9.89. The summed E-state index contributed by atoms with van der Waals surface area (Å²) in [6, 6.07) is 11.5. The number of halogens is 3. The number of fused-ring (bicyclic) bond motifs is 1. The lowest BCUT2D eigenvalue weighted by Gasteiger charge is -2.34. The van der Waals surface area contributed by atoms with Gasteiger partial charge in [-0.2, -0.15) is 13.2 Å². The van der Waals surface area contributed by atoms with Crippen LogP contribution in [-0.2, 0) is 19.4 Å². The minimum Gasteiger partial charge on any atom is -0.366 e. The SMILES string of the molecule is CC1=C(C(=O)Nc2ccccc2S(C)(=O)=O)C(=O)N2NC(C(F)(F)F)C(c3ccccc3)C2N1. The van der Waals surface area contributed by atoms with Crippen LogP contribution in [0.2, 0.25) is 0 Å². The van der Waals surface area contributed by atoms with Crippen LogP contribution in [0.4, 0.5) is 18.9 Å². The third-order valence-corrected chi connectivity index (χ3v) is 6.88. The first-order valence-corrected chi connectivity index (χ1v) is 12.1. The molecule has 12 heteroatoms. The maximum atomic E-state index is 13.9. The Morgan fingerprint density at radius 1 is 1.06 bits per heavy atom. The first kappa shape index (κ1) is 23.8. The predicted molar refractivity (Wildman–Crippen MR) is 117 cm³/mol. The van der Waals surface area contributed by atoms with Gasteiger partial charge in [-0.25, -0.2) is 18.9 Å². The highest BCUT2D eigenvalue weighted by atomic mass is 32.2. The van der Waals surface area contributed by atoms with E-state index in [0.717, 1.165) is 11.3 Å². The topological polar surface area (TPSA) is 108 Å². The molecule has 2 aromatic rings. The Hall–Kier alpha value is -3.38. The average molecular weight is 494 g/mol. The normalized spacial score (nSPS) is 22.9. The van der Waals surface area contributed by atoms with E-state index >= 15 is 0 Å². The van der Waals surface area contributed by atoms with E-state index in [9.17, 15) is 31.2 Å². The van der Waals surface area contributed by atoms with E-state index in [1.807, 2.05) is 0 Å². The van der Waals surface area contributed by atoms with Crippen molar-refractivity contribution in [3.05, 3.63) is 71.4 Å². The van der Waals surface area contributed by atoms with Crippen LogP contribution in [0.1, 0.15) is 18.4 Å². The second kappa shape index (κ2) is 8.44. The Kier molecular flexibility index (Phi) is 5.90. The predicted octanol–water partition coefficient (Wildman–Crippen LogP) is 2.29. The maximum absolute atomic E-state index is 13.9. The molecule has 1 saturated heterocycles. The minimum atomic E-state index is -4.68. The summed E-state index contributed by atoms with van der Waals surface area (Å²) in [6.45, 7) is 1.41. The number of alkyl halides is 3. The molecule has 3 N–H and O–H groups in total. The molecular weight excluding hydrogens is 473 g/mol. The van der Waals surface area contributed by atoms with Gasteiger partial charge >= 0.3 is 6.18 Å². The number of nitrogens with zero attached hydrogens (tertiary/aromatic N) is 1. The quantitative estimate of drug-likeness (QED) is 0.563. The monoisotopic (exact) mass is 494 g/mol. The number of amides is 2. The van der Waals surface area contributed by atoms with Crippen LogP contribution in [-0.4, -0.2) is 49.9 Å². The van der Waals surface area contributed by atoms with E-state index in [0.29, 0.717) is 5.56 Å². The molecule has 3 atom stereocenters. The highest BCUT2D eigenvalue weighted by molar-refractivity contribution is 7.90. The molecule has 3 unspecified atom stereocenters. The summed E-state index contributed by atoms with van der Waals surface area (Å²) in [7, 11) is -3.69. The molecule has 2 amide bonds. The van der Waals surface area contributed by atoms with E-state index in [1.165, 1.54) is 31.2 Å². The first-order valence-electron chi connectivity index (χ1n) is 10.2. The van der Waals surface area contributed by atoms with Crippen LogP contribution in [0.15, 0.2) is 70.8 Å². The molecule has 1 fully saturated rings. The molecule has 2 aromatic carbocycles. The molecule has 0 aromatic heterocycles. The van der Waals surface area contributed by atoms with Crippen molar-refractivity contribution in [3.63, 3.8) is 0 Å². The highest BCUT2D eigenvalue weighted by Crippen LogP contribution is 2.41. The van der Waals surface area contributed by atoms with Crippen LogP contribution in [0, 0.1) is 0 Å². The molecule has 2 aliphatic rings. The van der Waals surface area contributed by atoms with Gasteiger partial charge in [0, 0.05) is 12.0 Å². The second-order valence-electron chi connectivity index (χ2n) is 8.07. The Morgan fingerprint density at radius 2 is 1.68 bits per heavy atom. The van der Waals surface area contributed by atoms with E-state index in [4.69, 9.17) is 0 Å². The molecule has 4 rings (SSSR count). The Bertz CT molecular complexity index is 1280. The number of para-hydroxylation sites is 1. The van der Waals surface area contributed by atoms with Gasteiger partial charge in [-0.05, 0) is 24.6 Å². The van der Waals surface area contributed by atoms with Gasteiger partial charge in [-0.3, -0.25) is 9.59 Å². The summed E-state index contributed by atoms with van der Waals surface area (Å²) in [5.41, 5.74) is 2.19. The molecule has 2 aliphatic heterocycles. The molecular formula is C22H21F3N4O4S. The zero-order valence-electron chi connectivity index (χ0n) is 18.1. The molecule has 2 heterocycles. The number of allylic oxidation sites excluding steroid dienone is 1. The second-order valence-corrected chi connectivity index (χ2v) is 10.1. The highest BCUT2D eigenvalue weighted by Gasteiger charge is 2.58. The molecule has 8 nitrogen and oxygen atoms in total. The zero-order chi connectivity index (χ0) is 24.8. The molecule has 0 saturated carbocycles. The molecule has 0 radical (unpaired) electrons. The van der Waals surface area contributed by atoms with Crippen molar-refractivity contribution in [2.24, 2.45) is 0 Å². The summed E-state index contributed by atoms with van der Waals surface area (Å²) in [6.07, 6.45) is -4.80. The van der Waals surface area contributed by atoms with Crippen LogP contribution in [0.3, 0.4) is 0 Å². The van der Waals surface area contributed by atoms with Crippen LogP contribution < -0.4 is 16.1 Å². The van der Waals surface area contributed by atoms with E-state index in [-0.39, 0.29) is 16.3 Å². The van der Waals surface area contributed by atoms with Crippen LogP contribution >= 0.6 is 0 Å². The minimum absolute atomic E-state index is 0.0464. The Labute approximate surface area is 193 Å². The first-order chi connectivity index (χ1) is 15.9. The van der Waals surface area contributed by atoms with Gasteiger partial charge in [0.2, 0.25) is 0 Å². The molecule has 180 valence electrons. The fourth-order valence-electron chi connectivity index (χ4n) is 4.24. The number of hydrogen-bond acceptors (Lipinski definition) is 6. The van der Waals surface area contributed by atoms with Gasteiger partial charge < -0.3 is 10.6 Å². The van der Waals surface area contributed by atoms with Crippen molar-refractivity contribution in [2.75, 3.05) is 11.6 Å². The van der Waals surface area contributed by atoms with Gasteiger partial charge in [0.1, 0.15) is 17.8 Å². The van der Waals surface area contributed by atoms with Gasteiger partial charge in [-0.1, -0.05) is 42.5 Å². The van der Waals surface area contributed by atoms with Crippen molar-refractivity contribution in [2.45, 2.75) is 36.1 Å². The third kappa shape index (κ3) is 4.26. The summed E-state index contributed by atoms with van der Waals surface area (Å²) < 4.78 is 65.7. The fraction of sp³-hybridized carbons (Fsp3) is 0.273. The van der Waals surface area contributed by atoms with Crippen molar-refractivity contribution in [1.82, 2.24) is 15.8 Å². The average Bonchev–Trinajstić information content (AvgIpc) is 3.14.